The van der Waals surface area contributed by atoms with Crippen LogP contribution in [0.25, 0.3) is 55.0 Å². The van der Waals surface area contributed by atoms with Crippen molar-refractivity contribution in [2.45, 2.75) is 0 Å². The van der Waals surface area contributed by atoms with Crippen LogP contribution in [0.1, 0.15) is 20.6 Å². The predicted molar refractivity (Wildman–Crippen MR) is 278 cm³/mol. The van der Waals surface area contributed by atoms with E-state index in [1.54, 1.807) is 6.07 Å². The molecule has 3 nitrogen and oxygen atoms in total. The summed E-state index contributed by atoms with van der Waals surface area (Å²) in [6, 6.07) is 48.4. The minimum atomic E-state index is -3.95. The molecule has 0 aliphatic heterocycles. The average molecular weight is 880 g/mol. The van der Waals surface area contributed by atoms with Crippen molar-refractivity contribution in [2.75, 3.05) is 0 Å². The van der Waals surface area contributed by atoms with E-state index in [2.05, 4.69) is 60.7 Å². The molecule has 12 rings (SSSR count). The number of para-hydroxylation sites is 3. The van der Waals surface area contributed by atoms with Gasteiger partial charge in [0.05, 0.1) is 42.6 Å². The summed E-state index contributed by atoms with van der Waals surface area (Å²) in [4.78, 5) is 0. The first-order valence-electron chi connectivity index (χ1n) is 28.6. The smallest absolute Gasteiger partial charge is 0.278 e. The third-order valence-electron chi connectivity index (χ3n) is 12.1. The molecule has 0 fully saturated rings. The second-order valence-corrected chi connectivity index (χ2v) is 22.6. The Labute approximate surface area is 402 Å². The summed E-state index contributed by atoms with van der Waals surface area (Å²) < 4.78 is 150. The maximum Gasteiger partial charge on any atom is 0.278 e. The topological polar surface area (TPSA) is 19.1 Å². The first-order valence-corrected chi connectivity index (χ1v) is 24.9. The van der Waals surface area contributed by atoms with Gasteiger partial charge in [-0.3, -0.25) is 0 Å². The van der Waals surface area contributed by atoms with Crippen LogP contribution in [0.5, 0.6) is 0 Å². The number of benzene rings is 10. The van der Waals surface area contributed by atoms with Crippen molar-refractivity contribution in [1.29, 1.82) is 0 Å². The molecule has 0 N–H and O–H groups in total. The van der Waals surface area contributed by atoms with Crippen molar-refractivity contribution >= 4 is 91.4 Å². The van der Waals surface area contributed by atoms with Gasteiger partial charge in [-0.25, -0.2) is 0 Å². The Hall–Kier alpha value is -7.81. The lowest BCUT2D eigenvalue weighted by Crippen LogP contribution is -2.81. The van der Waals surface area contributed by atoms with Gasteiger partial charge < -0.3 is 13.2 Å². The zero-order valence-electron chi connectivity index (χ0n) is 49.5. The number of hydrogen-bond acceptors (Lipinski definition) is 1. The van der Waals surface area contributed by atoms with Crippen LogP contribution in [0.15, 0.2) is 267 Å². The van der Waals surface area contributed by atoms with Gasteiger partial charge in [0.2, 0.25) is 0 Å². The van der Waals surface area contributed by atoms with Gasteiger partial charge in [0.15, 0.2) is 0 Å². The molecule has 0 aliphatic carbocycles. The number of nitrogens with zero attached hydrogens (tertiary/aromatic N) is 2. The van der Waals surface area contributed by atoms with Gasteiger partial charge in [-0.2, -0.15) is 0 Å². The van der Waals surface area contributed by atoms with Crippen LogP contribution in [0.4, 0.5) is 0 Å². The molecular formula is C60H44N2OSi2. The van der Waals surface area contributed by atoms with Crippen LogP contribution in [0.2, 0.25) is 0 Å². The summed E-state index contributed by atoms with van der Waals surface area (Å²) in [7, 11) is -7.61. The first-order chi connectivity index (χ1) is 38.5. The van der Waals surface area contributed by atoms with Crippen molar-refractivity contribution in [3.63, 3.8) is 0 Å². The maximum atomic E-state index is 10.2. The lowest BCUT2D eigenvalue weighted by molar-refractivity contribution is 0.600. The van der Waals surface area contributed by atoms with Gasteiger partial charge in [-0.15, -0.1) is 0 Å². The highest BCUT2D eigenvalue weighted by Gasteiger charge is 2.53. The summed E-state index contributed by atoms with van der Waals surface area (Å²) in [6.07, 6.45) is 0. The molecule has 65 heavy (non-hydrogen) atoms. The summed E-state index contributed by atoms with van der Waals surface area (Å²) in [5.41, 5.74) is -1.23. The van der Waals surface area contributed by atoms with Gasteiger partial charge in [0.1, 0.15) is 0 Å². The van der Waals surface area contributed by atoms with Gasteiger partial charge >= 0.3 is 0 Å². The van der Waals surface area contributed by atoms with Crippen LogP contribution in [-0.4, -0.2) is 25.8 Å². The lowest BCUT2D eigenvalue weighted by atomic mass is 10.1. The minimum absolute atomic E-state index is 0.123. The molecule has 12 aromatic rings. The molecule has 0 unspecified atom stereocenters. The average Bonchev–Trinajstić information content (AvgIpc) is 4.14. The van der Waals surface area contributed by atoms with E-state index in [0.29, 0.717) is 10.9 Å². The molecule has 0 aliphatic rings. The first kappa shape index (κ1) is 26.1. The Balaban J connectivity index is 1.23. The van der Waals surface area contributed by atoms with Crippen LogP contribution in [-0.2, 0) is 4.12 Å². The zero-order valence-corrected chi connectivity index (χ0v) is 36.5. The minimum Gasteiger partial charge on any atom is -0.435 e. The number of aromatic nitrogens is 2. The van der Waals surface area contributed by atoms with Crippen LogP contribution < -0.4 is 31.1 Å². The van der Waals surface area contributed by atoms with Gasteiger partial charge in [0.25, 0.3) is 16.6 Å². The summed E-state index contributed by atoms with van der Waals surface area (Å²) in [5.74, 6) is 0. The molecule has 0 atom stereocenters. The van der Waals surface area contributed by atoms with E-state index in [0.717, 1.165) is 30.5 Å². The predicted octanol–water partition coefficient (Wildman–Crippen LogP) is 10.5. The highest BCUT2D eigenvalue weighted by molar-refractivity contribution is 7.18. The fourth-order valence-corrected chi connectivity index (χ4v) is 20.0. The Morgan fingerprint density at radius 3 is 1.08 bits per heavy atom. The molecular weight excluding hydrogens is 821 g/mol. The Kier molecular flexibility index (Phi) is 6.45. The molecule has 2 heterocycles. The van der Waals surface area contributed by atoms with E-state index in [1.165, 1.54) is 4.57 Å². The molecule has 0 radical (unpaired) electrons. The standard InChI is InChI=1S/C60H44N2OSi2/c1-6-24-47(25-7-1)64(48-26-8-2-9-27-48,49-28-10-3-11-29-49)63-65(50-30-12-4-13-31-50,51-32-14-5-15-33-51)52-34-22-23-45(43-52)61-59-40-21-18-37-55(59)56-44-46(41-42-60(56)61)62-57-38-19-16-35-53(57)54-36-17-20-39-58(54)62/h1-44H/i16D,17D,18D,19D,20D,21D,35D,36D,37D,38D,39D,40D,41D,42D,44D. The fraction of sp³-hybridized carbons (Fsp3) is 0. The summed E-state index contributed by atoms with van der Waals surface area (Å²) >= 11 is 0. The highest BCUT2D eigenvalue weighted by atomic mass is 28.4. The second kappa shape index (κ2) is 16.1. The van der Waals surface area contributed by atoms with Crippen molar-refractivity contribution in [3.05, 3.63) is 267 Å². The Morgan fingerprint density at radius 1 is 0.308 bits per heavy atom. The molecule has 5 heteroatoms. The van der Waals surface area contributed by atoms with E-state index in [1.807, 2.05) is 109 Å². The number of fused-ring (bicyclic) bond motifs is 6. The van der Waals surface area contributed by atoms with Crippen molar-refractivity contribution < 1.29 is 24.7 Å². The molecule has 308 valence electrons. The van der Waals surface area contributed by atoms with E-state index in [-0.39, 0.29) is 43.6 Å². The maximum absolute atomic E-state index is 10.2. The van der Waals surface area contributed by atoms with Gasteiger partial charge in [0, 0.05) is 32.9 Å². The summed E-state index contributed by atoms with van der Waals surface area (Å²) in [6.45, 7) is 0. The summed E-state index contributed by atoms with van der Waals surface area (Å²) in [5, 5.41) is 4.41. The van der Waals surface area contributed by atoms with Gasteiger partial charge in [-0.05, 0) is 79.5 Å². The van der Waals surface area contributed by atoms with E-state index in [9.17, 15) is 9.60 Å². The third-order valence-corrected chi connectivity index (χ3v) is 21.4. The normalized spacial score (nSPS) is 15.3. The van der Waals surface area contributed by atoms with Crippen LogP contribution in [0, 0.1) is 0 Å². The SMILES string of the molecule is [2H]c1c([2H])c([2H])c2c(c1[2H])c1c([2H])c(-n3c4c([2H])c([2H])c([2H])c([2H])c4c4c([2H])c([2H])c([2H])c([2H])c43)c([2H])c([2H])c1n2-c1cccc([Si](O[Si](c2ccccc2)(c2ccccc2)c2ccccc2)(c2ccccc2)c2ccccc2)c1. The van der Waals surface area contributed by atoms with E-state index < -0.39 is 113 Å². The Morgan fingerprint density at radius 2 is 0.646 bits per heavy atom. The molecule has 0 amide bonds. The monoisotopic (exact) mass is 879 g/mol. The number of rotatable bonds is 10. The molecule has 2 aromatic heterocycles. The Bertz CT molecular complexity index is 4300. The van der Waals surface area contributed by atoms with E-state index >= 15 is 0 Å². The zero-order chi connectivity index (χ0) is 56.3. The molecule has 0 spiro atoms. The van der Waals surface area contributed by atoms with Crippen molar-refractivity contribution in [2.24, 2.45) is 0 Å². The second-order valence-electron chi connectivity index (χ2n) is 15.6. The quantitative estimate of drug-likeness (QED) is 0.0989. The van der Waals surface area contributed by atoms with Crippen molar-refractivity contribution in [1.82, 2.24) is 9.13 Å². The van der Waals surface area contributed by atoms with Crippen molar-refractivity contribution in [3.8, 4) is 11.4 Å². The molecule has 10 aromatic carbocycles. The molecule has 0 bridgehead atoms. The highest BCUT2D eigenvalue weighted by Crippen LogP contribution is 2.37. The van der Waals surface area contributed by atoms with Gasteiger partial charge in [-0.1, -0.05) is 218 Å². The largest absolute Gasteiger partial charge is 0.435 e. The van der Waals surface area contributed by atoms with Crippen LogP contribution >= 0.6 is 0 Å². The molecule has 0 saturated carbocycles. The third kappa shape index (κ3) is 6.27. The number of hydrogen-bond donors (Lipinski definition) is 0. The lowest BCUT2D eigenvalue weighted by Gasteiger charge is -2.44. The molecule has 0 saturated heterocycles. The van der Waals surface area contributed by atoms with E-state index in [4.69, 9.17) is 15.1 Å². The fourth-order valence-electron chi connectivity index (χ4n) is 9.33. The van der Waals surface area contributed by atoms with Crippen LogP contribution in [0.3, 0.4) is 0 Å².